The summed E-state index contributed by atoms with van der Waals surface area (Å²) >= 11 is 0. The van der Waals surface area contributed by atoms with E-state index in [4.69, 9.17) is 10.5 Å². The molecular formula is C17H23N3O. The monoisotopic (exact) mass is 285 g/mol. The first-order valence-electron chi connectivity index (χ1n) is 7.60. The number of hydrogen-bond acceptors (Lipinski definition) is 4. The minimum atomic E-state index is 0.351. The van der Waals surface area contributed by atoms with Crippen molar-refractivity contribution >= 4 is 10.9 Å². The summed E-state index contributed by atoms with van der Waals surface area (Å²) < 4.78 is 5.48. The van der Waals surface area contributed by atoms with Crippen LogP contribution in [0.15, 0.2) is 36.5 Å². The van der Waals surface area contributed by atoms with Crippen LogP contribution < -0.4 is 5.73 Å². The summed E-state index contributed by atoms with van der Waals surface area (Å²) in [6.07, 6.45) is 4.44. The molecule has 4 nitrogen and oxygen atoms in total. The molecule has 1 saturated heterocycles. The maximum absolute atomic E-state index is 5.94. The predicted octanol–water partition coefficient (Wildman–Crippen LogP) is 2.17. The molecule has 1 aliphatic rings. The Hall–Kier alpha value is -1.49. The fraction of sp³-hybridized carbons (Fsp3) is 0.471. The van der Waals surface area contributed by atoms with Crippen LogP contribution in [0.5, 0.6) is 0 Å². The van der Waals surface area contributed by atoms with Crippen molar-refractivity contribution < 1.29 is 4.74 Å². The number of nitrogens with two attached hydrogens (primary N) is 1. The van der Waals surface area contributed by atoms with Crippen LogP contribution in [0.25, 0.3) is 10.9 Å². The highest BCUT2D eigenvalue weighted by Gasteiger charge is 2.27. The number of nitrogens with zero attached hydrogens (tertiary/aromatic N) is 2. The van der Waals surface area contributed by atoms with Crippen molar-refractivity contribution in [3.05, 3.63) is 42.1 Å². The first-order valence-corrected chi connectivity index (χ1v) is 7.60. The fourth-order valence-electron chi connectivity index (χ4n) is 3.17. The van der Waals surface area contributed by atoms with E-state index in [2.05, 4.69) is 28.1 Å². The molecule has 1 aromatic heterocycles. The van der Waals surface area contributed by atoms with Crippen LogP contribution >= 0.6 is 0 Å². The number of piperidine rings is 1. The second-order valence-corrected chi connectivity index (χ2v) is 5.78. The first kappa shape index (κ1) is 14.4. The summed E-state index contributed by atoms with van der Waals surface area (Å²) in [4.78, 5) is 7.01. The second-order valence-electron chi connectivity index (χ2n) is 5.78. The van der Waals surface area contributed by atoms with Gasteiger partial charge in [-0.1, -0.05) is 18.2 Å². The fourth-order valence-corrected chi connectivity index (χ4v) is 3.17. The molecule has 1 fully saturated rings. The average Bonchev–Trinajstić information content (AvgIpc) is 2.55. The number of methoxy groups -OCH3 is 1. The Morgan fingerprint density at radius 3 is 3.05 bits per heavy atom. The van der Waals surface area contributed by atoms with Crippen LogP contribution in [0.2, 0.25) is 0 Å². The largest absolute Gasteiger partial charge is 0.381 e. The third-order valence-electron chi connectivity index (χ3n) is 4.43. The van der Waals surface area contributed by atoms with E-state index in [0.717, 1.165) is 31.4 Å². The summed E-state index contributed by atoms with van der Waals surface area (Å²) in [7, 11) is 1.79. The molecule has 0 bridgehead atoms. The molecule has 21 heavy (non-hydrogen) atoms. The number of rotatable bonds is 4. The minimum absolute atomic E-state index is 0.351. The standard InChI is InChI=1S/C17H23N3O/c1-21-16-6-7-20(15(9-16)10-18)12-13-8-14-4-2-3-5-17(14)19-11-13/h2-5,8,11,15-16H,6-7,9-10,12,18H2,1H3. The molecule has 0 aliphatic carbocycles. The Bertz CT molecular complexity index is 601. The van der Waals surface area contributed by atoms with Crippen LogP contribution in [0.3, 0.4) is 0 Å². The SMILES string of the molecule is COC1CCN(Cc2cnc3ccccc3c2)C(CN)C1. The van der Waals surface area contributed by atoms with E-state index in [0.29, 0.717) is 18.7 Å². The smallest absolute Gasteiger partial charge is 0.0702 e. The number of para-hydroxylation sites is 1. The third kappa shape index (κ3) is 3.23. The van der Waals surface area contributed by atoms with Crippen molar-refractivity contribution in [2.24, 2.45) is 5.73 Å². The Kier molecular flexibility index (Phi) is 4.48. The topological polar surface area (TPSA) is 51.4 Å². The van der Waals surface area contributed by atoms with Crippen LogP contribution in [-0.4, -0.2) is 42.2 Å². The van der Waals surface area contributed by atoms with Gasteiger partial charge in [-0.2, -0.15) is 0 Å². The number of likely N-dealkylation sites (tertiary alicyclic amines) is 1. The van der Waals surface area contributed by atoms with Crippen molar-refractivity contribution in [2.45, 2.75) is 31.5 Å². The van der Waals surface area contributed by atoms with Crippen LogP contribution in [0.1, 0.15) is 18.4 Å². The van der Waals surface area contributed by atoms with Crippen molar-refractivity contribution in [3.63, 3.8) is 0 Å². The summed E-state index contributed by atoms with van der Waals surface area (Å²) in [5.74, 6) is 0. The van der Waals surface area contributed by atoms with Gasteiger partial charge in [-0.3, -0.25) is 9.88 Å². The third-order valence-corrected chi connectivity index (χ3v) is 4.43. The molecule has 0 amide bonds. The highest BCUT2D eigenvalue weighted by molar-refractivity contribution is 5.78. The Morgan fingerprint density at radius 1 is 1.38 bits per heavy atom. The molecule has 3 rings (SSSR count). The van der Waals surface area contributed by atoms with Gasteiger partial charge in [0.25, 0.3) is 0 Å². The highest BCUT2D eigenvalue weighted by Crippen LogP contribution is 2.22. The average molecular weight is 285 g/mol. The number of aromatic nitrogens is 1. The molecule has 2 aromatic rings. The molecule has 2 atom stereocenters. The van der Waals surface area contributed by atoms with E-state index in [9.17, 15) is 0 Å². The van der Waals surface area contributed by atoms with Gasteiger partial charge in [0.05, 0.1) is 11.6 Å². The van der Waals surface area contributed by atoms with E-state index < -0.39 is 0 Å². The van der Waals surface area contributed by atoms with Gasteiger partial charge in [0.15, 0.2) is 0 Å². The van der Waals surface area contributed by atoms with Crippen LogP contribution in [-0.2, 0) is 11.3 Å². The zero-order chi connectivity index (χ0) is 14.7. The quantitative estimate of drug-likeness (QED) is 0.935. The molecule has 2 N–H and O–H groups in total. The van der Waals surface area contributed by atoms with E-state index in [1.807, 2.05) is 18.3 Å². The Morgan fingerprint density at radius 2 is 2.24 bits per heavy atom. The van der Waals surface area contributed by atoms with E-state index in [-0.39, 0.29) is 0 Å². The van der Waals surface area contributed by atoms with Gasteiger partial charge in [0, 0.05) is 44.4 Å². The second kappa shape index (κ2) is 6.52. The molecule has 0 saturated carbocycles. The Balaban J connectivity index is 1.74. The Labute approximate surface area is 125 Å². The molecular weight excluding hydrogens is 262 g/mol. The minimum Gasteiger partial charge on any atom is -0.381 e. The lowest BCUT2D eigenvalue weighted by Crippen LogP contribution is -2.47. The summed E-state index contributed by atoms with van der Waals surface area (Å²) in [6, 6.07) is 10.9. The molecule has 0 radical (unpaired) electrons. The lowest BCUT2D eigenvalue weighted by atomic mass is 9.98. The maximum Gasteiger partial charge on any atom is 0.0702 e. The number of hydrogen-bond donors (Lipinski definition) is 1. The summed E-state index contributed by atoms with van der Waals surface area (Å²) in [5, 5.41) is 1.20. The van der Waals surface area contributed by atoms with Crippen LogP contribution in [0, 0.1) is 0 Å². The van der Waals surface area contributed by atoms with Gasteiger partial charge in [0.2, 0.25) is 0 Å². The molecule has 2 heterocycles. The molecule has 112 valence electrons. The van der Waals surface area contributed by atoms with Gasteiger partial charge in [-0.15, -0.1) is 0 Å². The molecule has 2 unspecified atom stereocenters. The zero-order valence-corrected chi connectivity index (χ0v) is 12.5. The first-order chi connectivity index (χ1) is 10.3. The number of pyridine rings is 1. The summed E-state index contributed by atoms with van der Waals surface area (Å²) in [6.45, 7) is 2.63. The number of benzene rings is 1. The lowest BCUT2D eigenvalue weighted by Gasteiger charge is -2.38. The molecule has 4 heteroatoms. The van der Waals surface area contributed by atoms with Gasteiger partial charge in [0.1, 0.15) is 0 Å². The zero-order valence-electron chi connectivity index (χ0n) is 12.5. The number of ether oxygens (including phenoxy) is 1. The van der Waals surface area contributed by atoms with Crippen molar-refractivity contribution in [1.29, 1.82) is 0 Å². The summed E-state index contributed by atoms with van der Waals surface area (Å²) in [5.41, 5.74) is 8.25. The van der Waals surface area contributed by atoms with Gasteiger partial charge >= 0.3 is 0 Å². The molecule has 0 spiro atoms. The van der Waals surface area contributed by atoms with E-state index in [1.54, 1.807) is 7.11 Å². The van der Waals surface area contributed by atoms with Crippen molar-refractivity contribution in [2.75, 3.05) is 20.2 Å². The number of fused-ring (bicyclic) bond motifs is 1. The highest BCUT2D eigenvalue weighted by atomic mass is 16.5. The van der Waals surface area contributed by atoms with Gasteiger partial charge in [-0.05, 0) is 30.5 Å². The van der Waals surface area contributed by atoms with Crippen LogP contribution in [0.4, 0.5) is 0 Å². The normalized spacial score (nSPS) is 23.5. The maximum atomic E-state index is 5.94. The predicted molar refractivity (Wildman–Crippen MR) is 85.0 cm³/mol. The molecule has 1 aliphatic heterocycles. The van der Waals surface area contributed by atoms with Crippen molar-refractivity contribution in [3.8, 4) is 0 Å². The molecule has 1 aromatic carbocycles. The van der Waals surface area contributed by atoms with Gasteiger partial charge < -0.3 is 10.5 Å². The van der Waals surface area contributed by atoms with Crippen molar-refractivity contribution in [1.82, 2.24) is 9.88 Å². The van der Waals surface area contributed by atoms with E-state index in [1.165, 1.54) is 10.9 Å². The lowest BCUT2D eigenvalue weighted by molar-refractivity contribution is 0.0102. The van der Waals surface area contributed by atoms with Gasteiger partial charge in [-0.25, -0.2) is 0 Å². The van der Waals surface area contributed by atoms with E-state index >= 15 is 0 Å².